The molecule has 1 amide bonds. The van der Waals surface area contributed by atoms with Gasteiger partial charge in [0.15, 0.2) is 0 Å². The van der Waals surface area contributed by atoms with Crippen molar-refractivity contribution in [1.82, 2.24) is 14.9 Å². The third-order valence-corrected chi connectivity index (χ3v) is 4.56. The summed E-state index contributed by atoms with van der Waals surface area (Å²) in [5.41, 5.74) is 1.79. The van der Waals surface area contributed by atoms with Crippen molar-refractivity contribution in [2.24, 2.45) is 0 Å². The van der Waals surface area contributed by atoms with E-state index in [1.54, 1.807) is 18.5 Å². The lowest BCUT2D eigenvalue weighted by Crippen LogP contribution is -2.47. The molecule has 1 aliphatic rings. The number of amides is 1. The number of hydrogen-bond acceptors (Lipinski definition) is 5. The highest BCUT2D eigenvalue weighted by atomic mass is 35.5. The predicted octanol–water partition coefficient (Wildman–Crippen LogP) is 2.59. The van der Waals surface area contributed by atoms with E-state index in [0.717, 1.165) is 49.9 Å². The number of halogens is 1. The Kier molecular flexibility index (Phi) is 5.83. The quantitative estimate of drug-likeness (QED) is 0.889. The molecule has 2 aromatic rings. The highest BCUT2D eigenvalue weighted by Gasteiger charge is 2.19. The molecule has 0 saturated carbocycles. The third-order valence-electron chi connectivity index (χ3n) is 4.32. The van der Waals surface area contributed by atoms with Gasteiger partial charge in [-0.15, -0.1) is 0 Å². The Morgan fingerprint density at radius 1 is 1.20 bits per heavy atom. The van der Waals surface area contributed by atoms with Crippen LogP contribution in [0.2, 0.25) is 5.02 Å². The fourth-order valence-electron chi connectivity index (χ4n) is 2.87. The zero-order valence-corrected chi connectivity index (χ0v) is 15.0. The minimum Gasteiger partial charge on any atom is -0.338 e. The van der Waals surface area contributed by atoms with Crippen LogP contribution in [0.4, 0.5) is 11.6 Å². The Labute approximate surface area is 152 Å². The maximum atomic E-state index is 12.2. The summed E-state index contributed by atoms with van der Waals surface area (Å²) in [6.07, 6.45) is 4.00. The SMILES string of the molecule is Cc1cc(Cl)ccc1NC(=O)CCN1CCN(c2ncccn2)CC1. The van der Waals surface area contributed by atoms with Crippen molar-refractivity contribution in [2.45, 2.75) is 13.3 Å². The second-order valence-corrected chi connectivity index (χ2v) is 6.57. The van der Waals surface area contributed by atoms with Gasteiger partial charge in [-0.25, -0.2) is 9.97 Å². The normalized spacial score (nSPS) is 15.2. The number of nitrogens with one attached hydrogen (secondary N) is 1. The first-order chi connectivity index (χ1) is 12.1. The van der Waals surface area contributed by atoms with Crippen LogP contribution in [-0.4, -0.2) is 53.5 Å². The molecule has 1 N–H and O–H groups in total. The third kappa shape index (κ3) is 4.90. The van der Waals surface area contributed by atoms with E-state index in [9.17, 15) is 4.79 Å². The van der Waals surface area contributed by atoms with Crippen LogP contribution in [0.1, 0.15) is 12.0 Å². The highest BCUT2D eigenvalue weighted by molar-refractivity contribution is 6.30. The summed E-state index contributed by atoms with van der Waals surface area (Å²) >= 11 is 5.94. The van der Waals surface area contributed by atoms with Crippen LogP contribution in [0.25, 0.3) is 0 Å². The zero-order chi connectivity index (χ0) is 17.6. The summed E-state index contributed by atoms with van der Waals surface area (Å²) in [5.74, 6) is 0.803. The number of carbonyl (C=O) groups excluding carboxylic acids is 1. The van der Waals surface area contributed by atoms with Crippen LogP contribution in [-0.2, 0) is 4.79 Å². The van der Waals surface area contributed by atoms with E-state index >= 15 is 0 Å². The molecule has 132 valence electrons. The lowest BCUT2D eigenvalue weighted by atomic mass is 10.2. The van der Waals surface area contributed by atoms with E-state index < -0.39 is 0 Å². The van der Waals surface area contributed by atoms with Gasteiger partial charge in [-0.2, -0.15) is 0 Å². The molecule has 1 aromatic heterocycles. The van der Waals surface area contributed by atoms with E-state index in [4.69, 9.17) is 11.6 Å². The molecule has 1 fully saturated rings. The number of benzene rings is 1. The topological polar surface area (TPSA) is 61.4 Å². The lowest BCUT2D eigenvalue weighted by Gasteiger charge is -2.34. The average Bonchev–Trinajstić information content (AvgIpc) is 2.63. The molecule has 3 rings (SSSR count). The molecule has 1 saturated heterocycles. The molecule has 0 spiro atoms. The van der Waals surface area contributed by atoms with Gasteiger partial charge in [0.25, 0.3) is 0 Å². The van der Waals surface area contributed by atoms with Crippen LogP contribution in [0.15, 0.2) is 36.7 Å². The van der Waals surface area contributed by atoms with E-state index in [0.29, 0.717) is 11.4 Å². The first-order valence-electron chi connectivity index (χ1n) is 8.42. The first-order valence-corrected chi connectivity index (χ1v) is 8.80. The van der Waals surface area contributed by atoms with Crippen molar-refractivity contribution in [3.8, 4) is 0 Å². The van der Waals surface area contributed by atoms with Gasteiger partial charge in [0, 0.05) is 62.2 Å². The standard InChI is InChI=1S/C18H22ClN5O/c1-14-13-15(19)3-4-16(14)22-17(25)5-8-23-9-11-24(12-10-23)18-20-6-2-7-21-18/h2-4,6-7,13H,5,8-12H2,1H3,(H,22,25). The molecule has 25 heavy (non-hydrogen) atoms. The second kappa shape index (κ2) is 8.27. The van der Waals surface area contributed by atoms with Gasteiger partial charge in [-0.05, 0) is 36.8 Å². The number of carbonyl (C=O) groups is 1. The van der Waals surface area contributed by atoms with Gasteiger partial charge in [0.1, 0.15) is 0 Å². The maximum absolute atomic E-state index is 12.2. The molecule has 0 bridgehead atoms. The fraction of sp³-hybridized carbons (Fsp3) is 0.389. The number of anilines is 2. The second-order valence-electron chi connectivity index (χ2n) is 6.13. The van der Waals surface area contributed by atoms with Crippen LogP contribution in [0.5, 0.6) is 0 Å². The smallest absolute Gasteiger partial charge is 0.225 e. The summed E-state index contributed by atoms with van der Waals surface area (Å²) in [7, 11) is 0. The molecule has 6 nitrogen and oxygen atoms in total. The molecule has 0 unspecified atom stereocenters. The van der Waals surface area contributed by atoms with Crippen molar-refractivity contribution in [2.75, 3.05) is 42.9 Å². The molecule has 0 atom stereocenters. The Bertz CT molecular complexity index is 717. The van der Waals surface area contributed by atoms with Crippen molar-refractivity contribution < 1.29 is 4.79 Å². The van der Waals surface area contributed by atoms with Gasteiger partial charge in [-0.3, -0.25) is 9.69 Å². The Morgan fingerprint density at radius 2 is 1.92 bits per heavy atom. The Balaban J connectivity index is 1.43. The van der Waals surface area contributed by atoms with E-state index in [2.05, 4.69) is 25.1 Å². The fourth-order valence-corrected chi connectivity index (χ4v) is 3.09. The highest BCUT2D eigenvalue weighted by Crippen LogP contribution is 2.19. The average molecular weight is 360 g/mol. The Hall–Kier alpha value is -2.18. The summed E-state index contributed by atoms with van der Waals surface area (Å²) < 4.78 is 0. The van der Waals surface area contributed by atoms with Crippen LogP contribution in [0, 0.1) is 6.92 Å². The number of aryl methyl sites for hydroxylation is 1. The van der Waals surface area contributed by atoms with Crippen molar-refractivity contribution in [3.63, 3.8) is 0 Å². The van der Waals surface area contributed by atoms with Gasteiger partial charge in [0.2, 0.25) is 11.9 Å². The molecule has 0 aliphatic carbocycles. The van der Waals surface area contributed by atoms with Gasteiger partial charge >= 0.3 is 0 Å². The molecule has 0 radical (unpaired) electrons. The van der Waals surface area contributed by atoms with Crippen molar-refractivity contribution >= 4 is 29.1 Å². The number of nitrogens with zero attached hydrogens (tertiary/aromatic N) is 4. The predicted molar refractivity (Wildman–Crippen MR) is 100 cm³/mol. The van der Waals surface area contributed by atoms with Crippen LogP contribution >= 0.6 is 11.6 Å². The lowest BCUT2D eigenvalue weighted by molar-refractivity contribution is -0.116. The molecule has 2 heterocycles. The van der Waals surface area contributed by atoms with Crippen molar-refractivity contribution in [3.05, 3.63) is 47.2 Å². The molecule has 7 heteroatoms. The molecule has 1 aliphatic heterocycles. The molecular weight excluding hydrogens is 338 g/mol. The van der Waals surface area contributed by atoms with E-state index in [-0.39, 0.29) is 5.91 Å². The Morgan fingerprint density at radius 3 is 2.60 bits per heavy atom. The monoisotopic (exact) mass is 359 g/mol. The molecule has 1 aromatic carbocycles. The van der Waals surface area contributed by atoms with Gasteiger partial charge in [-0.1, -0.05) is 11.6 Å². The van der Waals surface area contributed by atoms with Gasteiger partial charge in [0.05, 0.1) is 0 Å². The summed E-state index contributed by atoms with van der Waals surface area (Å²) in [6, 6.07) is 7.30. The van der Waals surface area contributed by atoms with Gasteiger partial charge < -0.3 is 10.2 Å². The number of piperazine rings is 1. The maximum Gasteiger partial charge on any atom is 0.225 e. The first kappa shape index (κ1) is 17.6. The minimum atomic E-state index is 0.0271. The van der Waals surface area contributed by atoms with E-state index in [1.807, 2.05) is 25.1 Å². The molecular formula is C18H22ClN5O. The zero-order valence-electron chi connectivity index (χ0n) is 14.3. The van der Waals surface area contributed by atoms with Crippen LogP contribution < -0.4 is 10.2 Å². The summed E-state index contributed by atoms with van der Waals surface area (Å²) in [5, 5.41) is 3.63. The summed E-state index contributed by atoms with van der Waals surface area (Å²) in [6.45, 7) is 6.26. The largest absolute Gasteiger partial charge is 0.338 e. The minimum absolute atomic E-state index is 0.0271. The number of hydrogen-bond donors (Lipinski definition) is 1. The van der Waals surface area contributed by atoms with Crippen molar-refractivity contribution in [1.29, 1.82) is 0 Å². The summed E-state index contributed by atoms with van der Waals surface area (Å²) in [4.78, 5) is 25.2. The van der Waals surface area contributed by atoms with Crippen LogP contribution in [0.3, 0.4) is 0 Å². The van der Waals surface area contributed by atoms with E-state index in [1.165, 1.54) is 0 Å². The number of rotatable bonds is 5. The number of aromatic nitrogens is 2.